The van der Waals surface area contributed by atoms with Gasteiger partial charge in [-0.05, 0) is 31.2 Å². The van der Waals surface area contributed by atoms with Crippen molar-refractivity contribution < 1.29 is 14.0 Å². The summed E-state index contributed by atoms with van der Waals surface area (Å²) in [4.78, 5) is 28.6. The number of furan rings is 1. The molecule has 1 aliphatic heterocycles. The van der Waals surface area contributed by atoms with Crippen molar-refractivity contribution in [3.63, 3.8) is 0 Å². The highest BCUT2D eigenvalue weighted by atomic mass is 16.3. The Hall–Kier alpha value is -2.76. The number of carbonyl (C=O) groups excluding carboxylic acids is 2. The van der Waals surface area contributed by atoms with E-state index in [-0.39, 0.29) is 11.7 Å². The molecule has 0 aliphatic carbocycles. The van der Waals surface area contributed by atoms with Gasteiger partial charge in [0.25, 0.3) is 5.91 Å². The second-order valence-electron chi connectivity index (χ2n) is 5.57. The predicted molar refractivity (Wildman–Crippen MR) is 87.7 cm³/mol. The van der Waals surface area contributed by atoms with Crippen molar-refractivity contribution in [3.8, 4) is 0 Å². The number of carbonyl (C=O) groups is 2. The van der Waals surface area contributed by atoms with Crippen molar-refractivity contribution in [1.29, 1.82) is 0 Å². The number of hydrogen-bond donors (Lipinski definition) is 1. The fourth-order valence-corrected chi connectivity index (χ4v) is 2.71. The lowest BCUT2D eigenvalue weighted by molar-refractivity contribution is -0.120. The molecule has 6 heteroatoms. The van der Waals surface area contributed by atoms with Gasteiger partial charge in [-0.1, -0.05) is 12.1 Å². The van der Waals surface area contributed by atoms with Crippen LogP contribution < -0.4 is 15.1 Å². The summed E-state index contributed by atoms with van der Waals surface area (Å²) in [5.74, 6) is -0.327. The largest absolute Gasteiger partial charge is 0.459 e. The maximum atomic E-state index is 12.7. The van der Waals surface area contributed by atoms with Gasteiger partial charge in [0.15, 0.2) is 5.76 Å². The van der Waals surface area contributed by atoms with E-state index in [1.807, 2.05) is 31.3 Å². The van der Waals surface area contributed by atoms with Gasteiger partial charge >= 0.3 is 0 Å². The van der Waals surface area contributed by atoms with Crippen molar-refractivity contribution in [1.82, 2.24) is 5.32 Å². The van der Waals surface area contributed by atoms with E-state index < -0.39 is 11.9 Å². The van der Waals surface area contributed by atoms with Crippen LogP contribution in [0.4, 0.5) is 11.4 Å². The Balaban J connectivity index is 1.75. The monoisotopic (exact) mass is 313 g/mol. The van der Waals surface area contributed by atoms with Crippen molar-refractivity contribution in [3.05, 3.63) is 48.4 Å². The summed E-state index contributed by atoms with van der Waals surface area (Å²) >= 11 is 0. The minimum absolute atomic E-state index is 0.134. The molecule has 0 bridgehead atoms. The molecule has 0 saturated carbocycles. The normalized spacial score (nSPS) is 15.0. The quantitative estimate of drug-likeness (QED) is 0.939. The molecule has 6 nitrogen and oxygen atoms in total. The summed E-state index contributed by atoms with van der Waals surface area (Å²) in [6.45, 7) is 3.03. The number of para-hydroxylation sites is 2. The number of anilines is 2. The molecule has 120 valence electrons. The Bertz CT molecular complexity index is 712. The summed E-state index contributed by atoms with van der Waals surface area (Å²) in [7, 11) is 2.00. The van der Waals surface area contributed by atoms with Gasteiger partial charge in [0.2, 0.25) is 5.91 Å². The van der Waals surface area contributed by atoms with Gasteiger partial charge in [-0.15, -0.1) is 0 Å². The van der Waals surface area contributed by atoms with E-state index in [0.717, 1.165) is 17.9 Å². The number of fused-ring (bicyclic) bond motifs is 1. The van der Waals surface area contributed by atoms with E-state index in [2.05, 4.69) is 10.2 Å². The average Bonchev–Trinajstić information content (AvgIpc) is 3.09. The van der Waals surface area contributed by atoms with Crippen LogP contribution in [-0.4, -0.2) is 38.0 Å². The highest BCUT2D eigenvalue weighted by molar-refractivity contribution is 6.03. The molecule has 0 saturated heterocycles. The number of rotatable bonds is 3. The lowest BCUT2D eigenvalue weighted by Gasteiger charge is -2.36. The first-order valence-electron chi connectivity index (χ1n) is 7.54. The van der Waals surface area contributed by atoms with Gasteiger partial charge in [0.1, 0.15) is 6.04 Å². The summed E-state index contributed by atoms with van der Waals surface area (Å²) in [6.07, 6.45) is 1.43. The summed E-state index contributed by atoms with van der Waals surface area (Å²) in [5.41, 5.74) is 1.88. The van der Waals surface area contributed by atoms with E-state index in [1.54, 1.807) is 24.0 Å². The lowest BCUT2D eigenvalue weighted by Crippen LogP contribution is -2.51. The Morgan fingerprint density at radius 1 is 1.13 bits per heavy atom. The van der Waals surface area contributed by atoms with Crippen LogP contribution in [0.25, 0.3) is 0 Å². The van der Waals surface area contributed by atoms with E-state index in [4.69, 9.17) is 4.42 Å². The lowest BCUT2D eigenvalue weighted by atomic mass is 10.1. The molecule has 2 amide bonds. The van der Waals surface area contributed by atoms with Crippen molar-refractivity contribution in [2.24, 2.45) is 0 Å². The Morgan fingerprint density at radius 2 is 1.87 bits per heavy atom. The maximum absolute atomic E-state index is 12.7. The van der Waals surface area contributed by atoms with Crippen LogP contribution >= 0.6 is 0 Å². The van der Waals surface area contributed by atoms with Gasteiger partial charge in [0.05, 0.1) is 17.6 Å². The molecule has 0 radical (unpaired) electrons. The first kappa shape index (κ1) is 15.1. The fraction of sp³-hybridized carbons (Fsp3) is 0.294. The third-order valence-electron chi connectivity index (χ3n) is 3.97. The van der Waals surface area contributed by atoms with Crippen LogP contribution in [0.2, 0.25) is 0 Å². The third kappa shape index (κ3) is 2.92. The topological polar surface area (TPSA) is 65.8 Å². The van der Waals surface area contributed by atoms with Crippen LogP contribution in [0.3, 0.4) is 0 Å². The second kappa shape index (κ2) is 6.16. The number of hydrogen-bond acceptors (Lipinski definition) is 4. The molecule has 0 fully saturated rings. The molecule has 1 aromatic heterocycles. The standard InChI is InChI=1S/C17H19N3O3/c1-12(18-16(21)15-8-5-11-23-15)17(22)20-10-9-19(2)13-6-3-4-7-14(13)20/h3-8,11-12H,9-10H2,1-2H3,(H,18,21). The van der Waals surface area contributed by atoms with E-state index >= 15 is 0 Å². The van der Waals surface area contributed by atoms with Crippen LogP contribution in [0.15, 0.2) is 47.1 Å². The van der Waals surface area contributed by atoms with Crippen LogP contribution in [0.1, 0.15) is 17.5 Å². The van der Waals surface area contributed by atoms with Crippen molar-refractivity contribution >= 4 is 23.2 Å². The zero-order chi connectivity index (χ0) is 16.4. The number of benzene rings is 1. The van der Waals surface area contributed by atoms with Gasteiger partial charge < -0.3 is 19.5 Å². The number of nitrogens with one attached hydrogen (secondary N) is 1. The van der Waals surface area contributed by atoms with E-state index in [1.165, 1.54) is 6.26 Å². The summed E-state index contributed by atoms with van der Waals surface area (Å²) in [6, 6.07) is 10.3. The molecule has 1 unspecified atom stereocenters. The fourth-order valence-electron chi connectivity index (χ4n) is 2.71. The molecular weight excluding hydrogens is 294 g/mol. The molecule has 1 N–H and O–H groups in total. The van der Waals surface area contributed by atoms with Gasteiger partial charge in [-0.2, -0.15) is 0 Å². The molecule has 0 spiro atoms. The third-order valence-corrected chi connectivity index (χ3v) is 3.97. The molecule has 2 aromatic rings. The molecule has 1 aromatic carbocycles. The van der Waals surface area contributed by atoms with Crippen molar-refractivity contribution in [2.75, 3.05) is 29.9 Å². The Labute approximate surface area is 134 Å². The Kier molecular flexibility index (Phi) is 4.06. The number of nitrogens with zero attached hydrogens (tertiary/aromatic N) is 2. The Morgan fingerprint density at radius 3 is 2.57 bits per heavy atom. The van der Waals surface area contributed by atoms with E-state index in [9.17, 15) is 9.59 Å². The molecule has 1 atom stereocenters. The molecule has 3 rings (SSSR count). The first-order chi connectivity index (χ1) is 11.1. The van der Waals surface area contributed by atoms with Crippen molar-refractivity contribution in [2.45, 2.75) is 13.0 Å². The number of amides is 2. The van der Waals surface area contributed by atoms with Gasteiger partial charge in [-0.3, -0.25) is 9.59 Å². The highest BCUT2D eigenvalue weighted by Gasteiger charge is 2.29. The number of likely N-dealkylation sites (N-methyl/N-ethyl adjacent to an activating group) is 1. The summed E-state index contributed by atoms with van der Waals surface area (Å²) < 4.78 is 5.05. The zero-order valence-corrected chi connectivity index (χ0v) is 13.2. The first-order valence-corrected chi connectivity index (χ1v) is 7.54. The highest BCUT2D eigenvalue weighted by Crippen LogP contribution is 2.32. The SMILES string of the molecule is CC(NC(=O)c1ccco1)C(=O)N1CCN(C)c2ccccc21. The van der Waals surface area contributed by atoms with E-state index in [0.29, 0.717) is 6.54 Å². The minimum atomic E-state index is -0.635. The summed E-state index contributed by atoms with van der Waals surface area (Å²) in [5, 5.41) is 2.68. The molecule has 2 heterocycles. The molecular formula is C17H19N3O3. The van der Waals surface area contributed by atoms with Crippen LogP contribution in [0.5, 0.6) is 0 Å². The average molecular weight is 313 g/mol. The zero-order valence-electron chi connectivity index (χ0n) is 13.2. The minimum Gasteiger partial charge on any atom is -0.459 e. The van der Waals surface area contributed by atoms with Crippen LogP contribution in [0, 0.1) is 0 Å². The second-order valence-corrected chi connectivity index (χ2v) is 5.57. The van der Waals surface area contributed by atoms with Crippen LogP contribution in [-0.2, 0) is 4.79 Å². The van der Waals surface area contributed by atoms with Gasteiger partial charge in [0, 0.05) is 20.1 Å². The molecule has 23 heavy (non-hydrogen) atoms. The maximum Gasteiger partial charge on any atom is 0.287 e. The predicted octanol–water partition coefficient (Wildman–Crippen LogP) is 1.88. The molecule has 1 aliphatic rings. The van der Waals surface area contributed by atoms with Gasteiger partial charge in [-0.25, -0.2) is 0 Å². The smallest absolute Gasteiger partial charge is 0.287 e.